The van der Waals surface area contributed by atoms with Gasteiger partial charge in [-0.2, -0.15) is 0 Å². The van der Waals surface area contributed by atoms with Gasteiger partial charge in [0.2, 0.25) is 0 Å². The van der Waals surface area contributed by atoms with Gasteiger partial charge in [0.1, 0.15) is 0 Å². The summed E-state index contributed by atoms with van der Waals surface area (Å²) in [5.74, 6) is 0.837. The molecule has 1 atom stereocenters. The van der Waals surface area contributed by atoms with Crippen molar-refractivity contribution in [1.82, 2.24) is 5.32 Å². The minimum atomic E-state index is 0.389. The molecule has 0 saturated heterocycles. The molecule has 1 unspecified atom stereocenters. The van der Waals surface area contributed by atoms with Crippen LogP contribution in [0.3, 0.4) is 0 Å². The fraction of sp³-hybridized carbons (Fsp3) is 0.400. The van der Waals surface area contributed by atoms with Crippen LogP contribution in [0.4, 0.5) is 0 Å². The third-order valence-electron chi connectivity index (χ3n) is 4.50. The maximum atomic E-state index is 3.64. The summed E-state index contributed by atoms with van der Waals surface area (Å²) in [4.78, 5) is 0. The monoisotopic (exact) mass is 279 g/mol. The van der Waals surface area contributed by atoms with Crippen LogP contribution in [-0.2, 0) is 13.0 Å². The first kappa shape index (κ1) is 14.3. The molecule has 110 valence electrons. The molecule has 0 radical (unpaired) electrons. The van der Waals surface area contributed by atoms with Crippen LogP contribution in [0.25, 0.3) is 0 Å². The zero-order chi connectivity index (χ0) is 14.7. The van der Waals surface area contributed by atoms with Crippen molar-refractivity contribution in [3.63, 3.8) is 0 Å². The van der Waals surface area contributed by atoms with Crippen molar-refractivity contribution in [2.24, 2.45) is 0 Å². The van der Waals surface area contributed by atoms with E-state index in [1.165, 1.54) is 35.1 Å². The van der Waals surface area contributed by atoms with Crippen LogP contribution < -0.4 is 5.32 Å². The average molecular weight is 279 g/mol. The van der Waals surface area contributed by atoms with Crippen LogP contribution in [0.15, 0.2) is 48.5 Å². The second-order valence-corrected chi connectivity index (χ2v) is 6.22. The molecular formula is C20H25N. The van der Waals surface area contributed by atoms with E-state index in [9.17, 15) is 0 Å². The molecule has 2 aromatic rings. The van der Waals surface area contributed by atoms with Gasteiger partial charge in [-0.25, -0.2) is 0 Å². The van der Waals surface area contributed by atoms with E-state index in [4.69, 9.17) is 0 Å². The second kappa shape index (κ2) is 6.44. The standard InChI is InChI=1S/C20H25N/c1-3-16-7-9-18(10-8-16)15(2)21-14-17-5-4-6-20(13-17)19-11-12-19/h4-10,13,15,19,21H,3,11-12,14H2,1-2H3. The summed E-state index contributed by atoms with van der Waals surface area (Å²) in [6.45, 7) is 5.38. The molecule has 1 aliphatic rings. The molecule has 0 heterocycles. The van der Waals surface area contributed by atoms with Crippen LogP contribution in [0.1, 0.15) is 60.9 Å². The fourth-order valence-electron chi connectivity index (χ4n) is 2.80. The van der Waals surface area contributed by atoms with Gasteiger partial charge in [0.25, 0.3) is 0 Å². The van der Waals surface area contributed by atoms with Crippen LogP contribution in [-0.4, -0.2) is 0 Å². The number of hydrogen-bond donors (Lipinski definition) is 1. The number of benzene rings is 2. The van der Waals surface area contributed by atoms with Crippen molar-refractivity contribution >= 4 is 0 Å². The summed E-state index contributed by atoms with van der Waals surface area (Å²) in [5, 5.41) is 3.64. The Labute approximate surface area is 128 Å². The molecule has 0 aliphatic heterocycles. The van der Waals surface area contributed by atoms with E-state index >= 15 is 0 Å². The number of nitrogens with one attached hydrogen (secondary N) is 1. The maximum Gasteiger partial charge on any atom is 0.0294 e. The Bertz CT molecular complexity index is 581. The molecule has 1 heteroatoms. The van der Waals surface area contributed by atoms with Gasteiger partial charge >= 0.3 is 0 Å². The van der Waals surface area contributed by atoms with E-state index in [1.54, 1.807) is 0 Å². The minimum absolute atomic E-state index is 0.389. The van der Waals surface area contributed by atoms with E-state index in [0.29, 0.717) is 6.04 Å². The van der Waals surface area contributed by atoms with Gasteiger partial charge < -0.3 is 5.32 Å². The highest BCUT2D eigenvalue weighted by Gasteiger charge is 2.23. The van der Waals surface area contributed by atoms with Gasteiger partial charge in [0.05, 0.1) is 0 Å². The quantitative estimate of drug-likeness (QED) is 0.786. The van der Waals surface area contributed by atoms with Gasteiger partial charge in [0, 0.05) is 12.6 Å². The smallest absolute Gasteiger partial charge is 0.0294 e. The lowest BCUT2D eigenvalue weighted by atomic mass is 10.0. The Kier molecular flexibility index (Phi) is 4.40. The summed E-state index contributed by atoms with van der Waals surface area (Å²) >= 11 is 0. The van der Waals surface area contributed by atoms with Crippen LogP contribution in [0.5, 0.6) is 0 Å². The van der Waals surface area contributed by atoms with E-state index in [-0.39, 0.29) is 0 Å². The SMILES string of the molecule is CCc1ccc(C(C)NCc2cccc(C3CC3)c2)cc1. The van der Waals surface area contributed by atoms with Gasteiger partial charge in [-0.15, -0.1) is 0 Å². The van der Waals surface area contributed by atoms with Crippen molar-refractivity contribution in [1.29, 1.82) is 0 Å². The molecule has 1 fully saturated rings. The first-order valence-electron chi connectivity index (χ1n) is 8.17. The van der Waals surface area contributed by atoms with Crippen molar-refractivity contribution in [2.45, 2.75) is 51.6 Å². The highest BCUT2D eigenvalue weighted by atomic mass is 14.9. The summed E-state index contributed by atoms with van der Waals surface area (Å²) in [7, 11) is 0. The molecule has 2 aromatic carbocycles. The Morgan fingerprint density at radius 3 is 2.48 bits per heavy atom. The largest absolute Gasteiger partial charge is 0.306 e. The number of rotatable bonds is 6. The Morgan fingerprint density at radius 1 is 1.05 bits per heavy atom. The molecule has 1 aliphatic carbocycles. The summed E-state index contributed by atoms with van der Waals surface area (Å²) < 4.78 is 0. The molecule has 0 aromatic heterocycles. The fourth-order valence-corrected chi connectivity index (χ4v) is 2.80. The zero-order valence-corrected chi connectivity index (χ0v) is 13.1. The van der Waals surface area contributed by atoms with Gasteiger partial charge in [-0.3, -0.25) is 0 Å². The third-order valence-corrected chi connectivity index (χ3v) is 4.50. The molecule has 0 amide bonds. The number of hydrogen-bond acceptors (Lipinski definition) is 1. The highest BCUT2D eigenvalue weighted by molar-refractivity contribution is 5.29. The van der Waals surface area contributed by atoms with Gasteiger partial charge in [0.15, 0.2) is 0 Å². The third kappa shape index (κ3) is 3.74. The average Bonchev–Trinajstić information content (AvgIpc) is 3.38. The topological polar surface area (TPSA) is 12.0 Å². The molecular weight excluding hydrogens is 254 g/mol. The van der Waals surface area contributed by atoms with Crippen LogP contribution in [0.2, 0.25) is 0 Å². The van der Waals surface area contributed by atoms with Crippen molar-refractivity contribution in [3.8, 4) is 0 Å². The zero-order valence-electron chi connectivity index (χ0n) is 13.1. The molecule has 1 saturated carbocycles. The first-order chi connectivity index (χ1) is 10.3. The summed E-state index contributed by atoms with van der Waals surface area (Å²) in [6.07, 6.45) is 3.85. The van der Waals surface area contributed by atoms with E-state index in [0.717, 1.165) is 18.9 Å². The minimum Gasteiger partial charge on any atom is -0.306 e. The van der Waals surface area contributed by atoms with Crippen LogP contribution >= 0.6 is 0 Å². The van der Waals surface area contributed by atoms with Crippen molar-refractivity contribution < 1.29 is 0 Å². The Morgan fingerprint density at radius 2 is 1.81 bits per heavy atom. The second-order valence-electron chi connectivity index (χ2n) is 6.22. The molecule has 21 heavy (non-hydrogen) atoms. The summed E-state index contributed by atoms with van der Waals surface area (Å²) in [6, 6.07) is 18.4. The van der Waals surface area contributed by atoms with Crippen molar-refractivity contribution in [3.05, 3.63) is 70.8 Å². The van der Waals surface area contributed by atoms with Crippen molar-refractivity contribution in [2.75, 3.05) is 0 Å². The van der Waals surface area contributed by atoms with E-state index in [2.05, 4.69) is 67.7 Å². The lowest BCUT2D eigenvalue weighted by Gasteiger charge is -2.15. The lowest BCUT2D eigenvalue weighted by Crippen LogP contribution is -2.18. The lowest BCUT2D eigenvalue weighted by molar-refractivity contribution is 0.574. The molecule has 0 spiro atoms. The van der Waals surface area contributed by atoms with Crippen LogP contribution in [0, 0.1) is 0 Å². The summed E-state index contributed by atoms with van der Waals surface area (Å²) in [5.41, 5.74) is 5.69. The number of aryl methyl sites for hydroxylation is 1. The van der Waals surface area contributed by atoms with E-state index < -0.39 is 0 Å². The molecule has 0 bridgehead atoms. The van der Waals surface area contributed by atoms with E-state index in [1.807, 2.05) is 0 Å². The van der Waals surface area contributed by atoms with Gasteiger partial charge in [-0.1, -0.05) is 55.5 Å². The normalized spacial score (nSPS) is 15.9. The first-order valence-corrected chi connectivity index (χ1v) is 8.17. The molecule has 1 nitrogen and oxygen atoms in total. The highest BCUT2D eigenvalue weighted by Crippen LogP contribution is 2.40. The molecule has 1 N–H and O–H groups in total. The predicted octanol–water partition coefficient (Wildman–Crippen LogP) is 4.98. The maximum absolute atomic E-state index is 3.64. The molecule has 3 rings (SSSR count). The van der Waals surface area contributed by atoms with Gasteiger partial charge in [-0.05, 0) is 54.4 Å². The predicted molar refractivity (Wildman–Crippen MR) is 89.5 cm³/mol. The Hall–Kier alpha value is -1.60. The Balaban J connectivity index is 1.59.